The summed E-state index contributed by atoms with van der Waals surface area (Å²) in [6.07, 6.45) is -4.76. The molecule has 41 heavy (non-hydrogen) atoms. The normalized spacial score (nSPS) is 19.4. The molecule has 0 saturated carbocycles. The summed E-state index contributed by atoms with van der Waals surface area (Å²) >= 11 is 5.69. The molecule has 0 unspecified atom stereocenters. The van der Waals surface area contributed by atoms with Gasteiger partial charge in [0.05, 0.1) is 22.9 Å². The van der Waals surface area contributed by atoms with Gasteiger partial charge in [0, 0.05) is 37.9 Å². The number of piperazine rings is 1. The number of carbonyl (C=O) groups excluding carboxylic acids is 1. The molecule has 2 aromatic rings. The number of ether oxygens (including phenoxy) is 1. The molecule has 222 valence electrons. The quantitative estimate of drug-likeness (QED) is 0.403. The first kappa shape index (κ1) is 32.6. The number of halogens is 4. The number of hydrogen-bond donors (Lipinski definition) is 1. The zero-order valence-electron chi connectivity index (χ0n) is 23.7. The Kier molecular flexibility index (Phi) is 9.96. The van der Waals surface area contributed by atoms with Crippen LogP contribution in [0.4, 0.5) is 24.5 Å². The lowest BCUT2D eigenvalue weighted by Crippen LogP contribution is -2.50. The number of thiocarbonyl (C=S) groups is 1. The summed E-state index contributed by atoms with van der Waals surface area (Å²) in [6, 6.07) is 10.8. The largest absolute Gasteiger partial charge is 0.492 e. The molecule has 0 aliphatic carbocycles. The topological polar surface area (TPSA) is 71.8 Å². The molecular weight excluding hydrogens is 575 g/mol. The van der Waals surface area contributed by atoms with Crippen molar-refractivity contribution in [2.24, 2.45) is 0 Å². The van der Waals surface area contributed by atoms with Crippen molar-refractivity contribution >= 4 is 47.0 Å². The van der Waals surface area contributed by atoms with Crippen LogP contribution >= 0.6 is 24.6 Å². The van der Waals surface area contributed by atoms with Crippen molar-refractivity contribution in [2.75, 3.05) is 42.6 Å². The highest BCUT2D eigenvalue weighted by Gasteiger charge is 2.51. The van der Waals surface area contributed by atoms with Gasteiger partial charge < -0.3 is 15.0 Å². The highest BCUT2D eigenvalue weighted by molar-refractivity contribution is 7.81. The van der Waals surface area contributed by atoms with Gasteiger partial charge in [0.25, 0.3) is 5.91 Å². The fourth-order valence-corrected chi connectivity index (χ4v) is 5.74. The minimum absolute atomic E-state index is 0. The smallest absolute Gasteiger partial charge is 0.417 e. The fraction of sp³-hybridized carbons (Fsp3) is 0.483. The second kappa shape index (κ2) is 12.5. The van der Waals surface area contributed by atoms with Crippen LogP contribution in [0.15, 0.2) is 36.4 Å². The van der Waals surface area contributed by atoms with Gasteiger partial charge >= 0.3 is 6.18 Å². The molecule has 12 heteroatoms. The predicted octanol–water partition coefficient (Wildman–Crippen LogP) is 5.71. The molecule has 0 spiro atoms. The van der Waals surface area contributed by atoms with Crippen molar-refractivity contribution in [3.8, 4) is 11.8 Å². The van der Waals surface area contributed by atoms with Gasteiger partial charge in [0.1, 0.15) is 17.9 Å². The lowest BCUT2D eigenvalue weighted by Gasteiger charge is -2.32. The minimum Gasteiger partial charge on any atom is -0.492 e. The van der Waals surface area contributed by atoms with Crippen molar-refractivity contribution < 1.29 is 22.7 Å². The number of nitrogens with zero attached hydrogens (tertiary/aromatic N) is 4. The highest BCUT2D eigenvalue weighted by Crippen LogP contribution is 2.41. The summed E-state index contributed by atoms with van der Waals surface area (Å²) in [5, 5.41) is 12.6. The van der Waals surface area contributed by atoms with Crippen molar-refractivity contribution in [3.63, 3.8) is 0 Å². The number of anilines is 2. The number of amides is 1. The summed E-state index contributed by atoms with van der Waals surface area (Å²) in [7, 11) is 0. The standard InChI is InChI=1S/C29H34F3N5O2S.ClH/c1-18(2)23-14-22(8-9-25(23)39-13-12-35-11-10-34-19(3)17-35)37-27(40)36(26(38)28(37,4)5)21-7-6-20(16-33)24(15-21)29(30,31)32;/h6-9,14-15,18-19,34H,10-13,17H2,1-5H3;1H/t19-;/m1./s1. The van der Waals surface area contributed by atoms with Crippen molar-refractivity contribution in [3.05, 3.63) is 53.1 Å². The molecule has 0 bridgehead atoms. The number of nitriles is 1. The van der Waals surface area contributed by atoms with Crippen LogP contribution in [0.2, 0.25) is 0 Å². The average molecular weight is 610 g/mol. The molecule has 2 fully saturated rings. The van der Waals surface area contributed by atoms with Gasteiger partial charge in [-0.3, -0.25) is 14.6 Å². The molecule has 2 saturated heterocycles. The fourth-order valence-electron chi connectivity index (χ4n) is 5.22. The van der Waals surface area contributed by atoms with E-state index in [0.29, 0.717) is 18.3 Å². The number of rotatable bonds is 7. The summed E-state index contributed by atoms with van der Waals surface area (Å²) < 4.78 is 47.1. The Labute approximate surface area is 250 Å². The molecule has 0 aromatic heterocycles. The molecule has 0 radical (unpaired) electrons. The van der Waals surface area contributed by atoms with Gasteiger partial charge in [-0.25, -0.2) is 0 Å². The maximum atomic E-state index is 13.6. The predicted molar refractivity (Wildman–Crippen MR) is 160 cm³/mol. The first-order chi connectivity index (χ1) is 18.8. The summed E-state index contributed by atoms with van der Waals surface area (Å²) in [5.74, 6) is 0.384. The van der Waals surface area contributed by atoms with E-state index in [-0.39, 0.29) is 29.1 Å². The minimum atomic E-state index is -4.76. The van der Waals surface area contributed by atoms with Crippen molar-refractivity contribution in [1.29, 1.82) is 5.26 Å². The molecule has 4 rings (SSSR count). The number of alkyl halides is 3. The van der Waals surface area contributed by atoms with E-state index < -0.39 is 28.7 Å². The average Bonchev–Trinajstić information content (AvgIpc) is 3.06. The highest BCUT2D eigenvalue weighted by atomic mass is 35.5. The van der Waals surface area contributed by atoms with E-state index in [4.69, 9.17) is 22.2 Å². The Balaban J connectivity index is 0.00000462. The molecule has 1 atom stereocenters. The molecule has 2 aromatic carbocycles. The number of nitrogens with one attached hydrogen (secondary N) is 1. The Morgan fingerprint density at radius 3 is 2.49 bits per heavy atom. The van der Waals surface area contributed by atoms with Crippen molar-refractivity contribution in [2.45, 2.75) is 58.3 Å². The Morgan fingerprint density at radius 2 is 1.88 bits per heavy atom. The zero-order chi connectivity index (χ0) is 29.4. The first-order valence-electron chi connectivity index (χ1n) is 13.3. The van der Waals surface area contributed by atoms with E-state index in [9.17, 15) is 18.0 Å². The molecule has 7 nitrogen and oxygen atoms in total. The monoisotopic (exact) mass is 609 g/mol. The first-order valence-corrected chi connectivity index (χ1v) is 13.7. The third-order valence-corrected chi connectivity index (χ3v) is 7.71. The van der Waals surface area contributed by atoms with Gasteiger partial charge in [0.2, 0.25) is 0 Å². The van der Waals surface area contributed by atoms with Gasteiger partial charge in [-0.1, -0.05) is 13.8 Å². The van der Waals surface area contributed by atoms with Crippen LogP contribution < -0.4 is 19.9 Å². The van der Waals surface area contributed by atoms with E-state index in [0.717, 1.165) is 54.5 Å². The van der Waals surface area contributed by atoms with Crippen LogP contribution in [-0.4, -0.2) is 60.3 Å². The molecular formula is C29H35ClF3N5O2S. The Bertz CT molecular complexity index is 1340. The maximum Gasteiger partial charge on any atom is 0.417 e. The van der Waals surface area contributed by atoms with E-state index in [1.165, 1.54) is 6.07 Å². The van der Waals surface area contributed by atoms with Gasteiger partial charge in [-0.15, -0.1) is 12.4 Å². The third-order valence-electron chi connectivity index (χ3n) is 7.35. The maximum absolute atomic E-state index is 13.6. The van der Waals surface area contributed by atoms with Crippen LogP contribution in [-0.2, 0) is 11.0 Å². The lowest BCUT2D eigenvalue weighted by molar-refractivity contribution is -0.137. The van der Waals surface area contributed by atoms with Crippen LogP contribution in [0.1, 0.15) is 57.2 Å². The third kappa shape index (κ3) is 6.61. The summed E-state index contributed by atoms with van der Waals surface area (Å²) in [4.78, 5) is 18.7. The molecule has 2 aliphatic heterocycles. The SMILES string of the molecule is CC(C)c1cc(N2C(=S)N(c3ccc(C#N)c(C(F)(F)F)c3)C(=O)C2(C)C)ccc1OCCN1CCN[C@H](C)C1.Cl. The number of benzene rings is 2. The number of carbonyl (C=O) groups is 1. The van der Waals surface area contributed by atoms with E-state index in [1.54, 1.807) is 24.8 Å². The second-order valence-corrected chi connectivity index (χ2v) is 11.4. The molecule has 2 aliphatic rings. The lowest BCUT2D eigenvalue weighted by atomic mass is 9.98. The second-order valence-electron chi connectivity index (χ2n) is 11.0. The van der Waals surface area contributed by atoms with Crippen LogP contribution in [0, 0.1) is 11.3 Å². The van der Waals surface area contributed by atoms with Gasteiger partial charge in [-0.2, -0.15) is 18.4 Å². The number of hydrogen-bond acceptors (Lipinski definition) is 6. The molecule has 2 heterocycles. The van der Waals surface area contributed by atoms with Crippen molar-refractivity contribution in [1.82, 2.24) is 10.2 Å². The van der Waals surface area contributed by atoms with Crippen LogP contribution in [0.25, 0.3) is 0 Å². The van der Waals surface area contributed by atoms with E-state index >= 15 is 0 Å². The Morgan fingerprint density at radius 1 is 1.20 bits per heavy atom. The zero-order valence-corrected chi connectivity index (χ0v) is 25.3. The Hall–Kier alpha value is -2.91. The van der Waals surface area contributed by atoms with E-state index in [1.807, 2.05) is 32.0 Å². The van der Waals surface area contributed by atoms with Gasteiger partial charge in [-0.05, 0) is 80.9 Å². The van der Waals surface area contributed by atoms with Crippen LogP contribution in [0.3, 0.4) is 0 Å². The summed E-state index contributed by atoms with van der Waals surface area (Å²) in [6.45, 7) is 13.9. The van der Waals surface area contributed by atoms with E-state index in [2.05, 4.69) is 17.1 Å². The summed E-state index contributed by atoms with van der Waals surface area (Å²) in [5.41, 5.74) is -1.26. The van der Waals surface area contributed by atoms with Gasteiger partial charge in [0.15, 0.2) is 5.11 Å². The molecule has 1 amide bonds. The van der Waals surface area contributed by atoms with Crippen LogP contribution in [0.5, 0.6) is 5.75 Å². The molecule has 1 N–H and O–H groups in total.